The number of hydrogen-bond acceptors (Lipinski definition) is 5. The van der Waals surface area contributed by atoms with E-state index in [-0.39, 0.29) is 12.5 Å². The molecule has 0 aliphatic rings. The topological polar surface area (TPSA) is 115 Å². The lowest BCUT2D eigenvalue weighted by Crippen LogP contribution is -2.24. The van der Waals surface area contributed by atoms with Crippen molar-refractivity contribution in [2.24, 2.45) is 10.8 Å². The molecule has 0 fully saturated rings. The molecule has 9 heteroatoms. The van der Waals surface area contributed by atoms with Crippen LogP contribution in [0.5, 0.6) is 11.5 Å². The molecule has 0 radical (unpaired) electrons. The molecule has 4 N–H and O–H groups in total. The zero-order valence-electron chi connectivity index (χ0n) is 17.1. The number of benzene rings is 2. The smallest absolute Gasteiger partial charge is 0.332 e. The minimum Gasteiger partial charge on any atom is -0.490 e. The van der Waals surface area contributed by atoms with Crippen LogP contribution < -0.4 is 25.9 Å². The first kappa shape index (κ1) is 23.2. The molecule has 0 aromatic heterocycles. The molecule has 0 saturated carbocycles. The van der Waals surface area contributed by atoms with E-state index in [0.717, 1.165) is 21.2 Å². The number of carbonyl (C=O) groups is 2. The van der Waals surface area contributed by atoms with Crippen LogP contribution in [0.15, 0.2) is 39.9 Å². The van der Waals surface area contributed by atoms with Crippen LogP contribution in [0.2, 0.25) is 0 Å². The number of nitrogens with zero attached hydrogens (tertiary/aromatic N) is 1. The van der Waals surface area contributed by atoms with Gasteiger partial charge in [0.2, 0.25) is 0 Å². The molecule has 0 atom stereocenters. The van der Waals surface area contributed by atoms with E-state index < -0.39 is 6.03 Å². The SMILES string of the molecule is CCOc1cc(C/C=N\NC(N)=O)ccc1OCC(=O)Nc1cc(C)c(C)cc1Br. The van der Waals surface area contributed by atoms with E-state index in [0.29, 0.717) is 30.2 Å². The highest BCUT2D eigenvalue weighted by atomic mass is 79.9. The lowest BCUT2D eigenvalue weighted by molar-refractivity contribution is -0.118. The summed E-state index contributed by atoms with van der Waals surface area (Å²) >= 11 is 3.46. The van der Waals surface area contributed by atoms with Gasteiger partial charge in [-0.1, -0.05) is 6.07 Å². The number of nitrogens with two attached hydrogens (primary N) is 1. The third-order valence-electron chi connectivity index (χ3n) is 4.12. The van der Waals surface area contributed by atoms with E-state index >= 15 is 0 Å². The number of primary amides is 1. The van der Waals surface area contributed by atoms with Gasteiger partial charge < -0.3 is 20.5 Å². The average Bonchev–Trinajstić information content (AvgIpc) is 2.69. The molecular weight excluding hydrogens is 452 g/mol. The Hall–Kier alpha value is -3.07. The van der Waals surface area contributed by atoms with Gasteiger partial charge in [-0.2, -0.15) is 5.10 Å². The van der Waals surface area contributed by atoms with Gasteiger partial charge >= 0.3 is 6.03 Å². The zero-order chi connectivity index (χ0) is 22.1. The molecule has 0 saturated heterocycles. The number of nitrogens with one attached hydrogen (secondary N) is 2. The Balaban J connectivity index is 2.01. The molecule has 0 bridgehead atoms. The van der Waals surface area contributed by atoms with Crippen LogP contribution in [-0.2, 0) is 11.2 Å². The second kappa shape index (κ2) is 11.2. The quantitative estimate of drug-likeness (QED) is 0.378. The van der Waals surface area contributed by atoms with Gasteiger partial charge in [0.1, 0.15) is 0 Å². The van der Waals surface area contributed by atoms with Gasteiger partial charge in [-0.25, -0.2) is 10.2 Å². The van der Waals surface area contributed by atoms with Gasteiger partial charge in [0.25, 0.3) is 5.91 Å². The van der Waals surface area contributed by atoms with Gasteiger partial charge in [-0.05, 0) is 77.7 Å². The molecule has 2 aromatic rings. The number of ether oxygens (including phenoxy) is 2. The van der Waals surface area contributed by atoms with Crippen LogP contribution in [0.1, 0.15) is 23.6 Å². The lowest BCUT2D eigenvalue weighted by atomic mass is 10.1. The van der Waals surface area contributed by atoms with E-state index in [1.54, 1.807) is 12.1 Å². The number of amides is 3. The Morgan fingerprint density at radius 3 is 2.57 bits per heavy atom. The summed E-state index contributed by atoms with van der Waals surface area (Å²) in [5, 5.41) is 6.54. The third-order valence-corrected chi connectivity index (χ3v) is 4.77. The van der Waals surface area contributed by atoms with Crippen LogP contribution >= 0.6 is 15.9 Å². The molecule has 2 rings (SSSR count). The van der Waals surface area contributed by atoms with Crippen molar-refractivity contribution in [2.45, 2.75) is 27.2 Å². The monoisotopic (exact) mass is 476 g/mol. The van der Waals surface area contributed by atoms with E-state index in [4.69, 9.17) is 15.2 Å². The summed E-state index contributed by atoms with van der Waals surface area (Å²) in [7, 11) is 0. The largest absolute Gasteiger partial charge is 0.490 e. The van der Waals surface area contributed by atoms with Crippen molar-refractivity contribution in [1.29, 1.82) is 0 Å². The van der Waals surface area contributed by atoms with Crippen LogP contribution in [0.25, 0.3) is 0 Å². The average molecular weight is 477 g/mol. The Kier molecular flexibility index (Phi) is 8.67. The fraction of sp³-hybridized carbons (Fsp3) is 0.286. The molecule has 160 valence electrons. The molecule has 2 aromatic carbocycles. The summed E-state index contributed by atoms with van der Waals surface area (Å²) in [6.07, 6.45) is 1.98. The number of aryl methyl sites for hydroxylation is 2. The van der Waals surface area contributed by atoms with Crippen molar-refractivity contribution in [3.8, 4) is 11.5 Å². The Morgan fingerprint density at radius 1 is 1.13 bits per heavy atom. The van der Waals surface area contributed by atoms with Crippen molar-refractivity contribution in [2.75, 3.05) is 18.5 Å². The summed E-state index contributed by atoms with van der Waals surface area (Å²) in [4.78, 5) is 23.0. The molecule has 0 unspecified atom stereocenters. The Bertz CT molecular complexity index is 947. The van der Waals surface area contributed by atoms with Gasteiger partial charge in [0, 0.05) is 17.1 Å². The molecule has 0 heterocycles. The molecule has 8 nitrogen and oxygen atoms in total. The predicted octanol–water partition coefficient (Wildman–Crippen LogP) is 3.68. The highest BCUT2D eigenvalue weighted by Gasteiger charge is 2.11. The lowest BCUT2D eigenvalue weighted by Gasteiger charge is -2.14. The van der Waals surface area contributed by atoms with Gasteiger partial charge in [0.15, 0.2) is 18.1 Å². The predicted molar refractivity (Wildman–Crippen MR) is 120 cm³/mol. The van der Waals surface area contributed by atoms with E-state index in [1.165, 1.54) is 6.21 Å². The normalized spacial score (nSPS) is 10.7. The van der Waals surface area contributed by atoms with Crippen molar-refractivity contribution in [3.05, 3.63) is 51.5 Å². The number of urea groups is 1. The zero-order valence-corrected chi connectivity index (χ0v) is 18.7. The summed E-state index contributed by atoms with van der Waals surface area (Å²) < 4.78 is 12.1. The molecule has 0 spiro atoms. The molecule has 0 aliphatic carbocycles. The summed E-state index contributed by atoms with van der Waals surface area (Å²) in [6, 6.07) is 8.50. The van der Waals surface area contributed by atoms with Crippen molar-refractivity contribution in [3.63, 3.8) is 0 Å². The number of hydrogen-bond donors (Lipinski definition) is 3. The first-order chi connectivity index (χ1) is 14.3. The fourth-order valence-corrected chi connectivity index (χ4v) is 3.09. The van der Waals surface area contributed by atoms with Gasteiger partial charge in [-0.15, -0.1) is 0 Å². The molecular formula is C21H25BrN4O4. The standard InChI is InChI=1S/C21H25BrN4O4/c1-4-29-19-11-15(7-8-24-26-21(23)28)5-6-18(19)30-12-20(27)25-17-10-14(3)13(2)9-16(17)22/h5-6,8-11H,4,7,12H2,1-3H3,(H,25,27)(H3,23,26,28)/b24-8-. The van der Waals surface area contributed by atoms with E-state index in [1.807, 2.05) is 39.0 Å². The van der Waals surface area contributed by atoms with Crippen molar-refractivity contribution < 1.29 is 19.1 Å². The highest BCUT2D eigenvalue weighted by Crippen LogP contribution is 2.29. The third kappa shape index (κ3) is 7.07. The second-order valence-electron chi connectivity index (χ2n) is 6.46. The first-order valence-corrected chi connectivity index (χ1v) is 10.1. The van der Waals surface area contributed by atoms with Crippen molar-refractivity contribution >= 4 is 39.8 Å². The summed E-state index contributed by atoms with van der Waals surface area (Å²) in [5.41, 5.74) is 10.9. The summed E-state index contributed by atoms with van der Waals surface area (Å²) in [5.74, 6) is 0.698. The minimum absolute atomic E-state index is 0.164. The van der Waals surface area contributed by atoms with Crippen LogP contribution in [0.4, 0.5) is 10.5 Å². The number of anilines is 1. The number of hydrazone groups is 1. The first-order valence-electron chi connectivity index (χ1n) is 9.32. The minimum atomic E-state index is -0.726. The second-order valence-corrected chi connectivity index (χ2v) is 7.31. The Morgan fingerprint density at radius 2 is 1.87 bits per heavy atom. The van der Waals surface area contributed by atoms with Crippen molar-refractivity contribution in [1.82, 2.24) is 5.43 Å². The highest BCUT2D eigenvalue weighted by molar-refractivity contribution is 9.10. The van der Waals surface area contributed by atoms with Crippen LogP contribution in [0, 0.1) is 13.8 Å². The number of halogens is 1. The van der Waals surface area contributed by atoms with Crippen LogP contribution in [-0.4, -0.2) is 31.4 Å². The fourth-order valence-electron chi connectivity index (χ4n) is 2.53. The molecule has 3 amide bonds. The van der Waals surface area contributed by atoms with Gasteiger partial charge in [-0.3, -0.25) is 4.79 Å². The summed E-state index contributed by atoms with van der Waals surface area (Å²) in [6.45, 7) is 6.13. The number of rotatable bonds is 9. The van der Waals surface area contributed by atoms with Gasteiger partial charge in [0.05, 0.1) is 12.3 Å². The maximum Gasteiger partial charge on any atom is 0.332 e. The number of carbonyl (C=O) groups excluding carboxylic acids is 2. The Labute approximate surface area is 183 Å². The van der Waals surface area contributed by atoms with Crippen LogP contribution in [0.3, 0.4) is 0 Å². The van der Waals surface area contributed by atoms with E-state index in [2.05, 4.69) is 31.8 Å². The maximum atomic E-state index is 12.3. The molecule has 30 heavy (non-hydrogen) atoms. The molecule has 0 aliphatic heterocycles. The van der Waals surface area contributed by atoms with E-state index in [9.17, 15) is 9.59 Å². The maximum absolute atomic E-state index is 12.3.